The third-order valence-electron chi connectivity index (χ3n) is 2.10. The molecule has 0 spiro atoms. The summed E-state index contributed by atoms with van der Waals surface area (Å²) in [6.07, 6.45) is 3.55. The standard InChI is InChI=1S/C11H14BrI/c1-2-9-5-6-11(13)10(8-9)4-3-7-12/h5-6,8H,2-4,7H2,1H3. The molecule has 0 N–H and O–H groups in total. The average molecular weight is 353 g/mol. The Morgan fingerprint density at radius 3 is 2.77 bits per heavy atom. The van der Waals surface area contributed by atoms with Crippen molar-refractivity contribution in [1.29, 1.82) is 0 Å². The quantitative estimate of drug-likeness (QED) is 0.563. The predicted octanol–water partition coefficient (Wildman–Crippen LogP) is 4.18. The van der Waals surface area contributed by atoms with Crippen molar-refractivity contribution in [3.8, 4) is 0 Å². The molecule has 0 atom stereocenters. The molecule has 0 radical (unpaired) electrons. The van der Waals surface area contributed by atoms with Crippen LogP contribution in [0.5, 0.6) is 0 Å². The third kappa shape index (κ3) is 3.58. The van der Waals surface area contributed by atoms with Gasteiger partial charge in [0.1, 0.15) is 0 Å². The number of rotatable bonds is 4. The Balaban J connectivity index is 2.78. The van der Waals surface area contributed by atoms with Gasteiger partial charge in [-0.2, -0.15) is 0 Å². The van der Waals surface area contributed by atoms with Crippen molar-refractivity contribution >= 4 is 38.5 Å². The number of hydrogen-bond acceptors (Lipinski definition) is 0. The van der Waals surface area contributed by atoms with Crippen LogP contribution in [-0.2, 0) is 12.8 Å². The molecule has 0 saturated heterocycles. The van der Waals surface area contributed by atoms with Gasteiger partial charge in [0, 0.05) is 8.90 Å². The maximum absolute atomic E-state index is 3.46. The zero-order chi connectivity index (χ0) is 9.68. The van der Waals surface area contributed by atoms with Gasteiger partial charge in [0.15, 0.2) is 0 Å². The zero-order valence-electron chi connectivity index (χ0n) is 7.82. The number of hydrogen-bond donors (Lipinski definition) is 0. The fourth-order valence-corrected chi connectivity index (χ4v) is 2.18. The van der Waals surface area contributed by atoms with Crippen LogP contribution >= 0.6 is 38.5 Å². The van der Waals surface area contributed by atoms with Gasteiger partial charge >= 0.3 is 0 Å². The Bertz CT molecular complexity index is 271. The molecule has 72 valence electrons. The van der Waals surface area contributed by atoms with Crippen LogP contribution in [0.15, 0.2) is 18.2 Å². The van der Waals surface area contributed by atoms with Gasteiger partial charge in [0.25, 0.3) is 0 Å². The molecule has 1 rings (SSSR count). The Morgan fingerprint density at radius 1 is 1.38 bits per heavy atom. The summed E-state index contributed by atoms with van der Waals surface area (Å²) >= 11 is 5.88. The Morgan fingerprint density at radius 2 is 2.15 bits per heavy atom. The van der Waals surface area contributed by atoms with Gasteiger partial charge in [-0.1, -0.05) is 35.0 Å². The van der Waals surface area contributed by atoms with Gasteiger partial charge in [0.2, 0.25) is 0 Å². The number of halogens is 2. The molecule has 0 saturated carbocycles. The highest BCUT2D eigenvalue weighted by atomic mass is 127. The van der Waals surface area contributed by atoms with E-state index < -0.39 is 0 Å². The molecular formula is C11H14BrI. The lowest BCUT2D eigenvalue weighted by molar-refractivity contribution is 0.928. The van der Waals surface area contributed by atoms with Crippen molar-refractivity contribution < 1.29 is 0 Å². The van der Waals surface area contributed by atoms with Gasteiger partial charge in [-0.25, -0.2) is 0 Å². The molecule has 0 nitrogen and oxygen atoms in total. The molecule has 0 aromatic heterocycles. The molecule has 0 aliphatic heterocycles. The van der Waals surface area contributed by atoms with E-state index in [1.807, 2.05) is 0 Å². The maximum Gasteiger partial charge on any atom is 0.0162 e. The summed E-state index contributed by atoms with van der Waals surface area (Å²) in [5.74, 6) is 0. The molecule has 1 aromatic carbocycles. The van der Waals surface area contributed by atoms with E-state index in [2.05, 4.69) is 63.6 Å². The van der Waals surface area contributed by atoms with Gasteiger partial charge in [-0.3, -0.25) is 0 Å². The maximum atomic E-state index is 3.46. The first-order valence-electron chi connectivity index (χ1n) is 4.61. The van der Waals surface area contributed by atoms with E-state index in [4.69, 9.17) is 0 Å². The SMILES string of the molecule is CCc1ccc(I)c(CCCBr)c1. The van der Waals surface area contributed by atoms with Gasteiger partial charge < -0.3 is 0 Å². The monoisotopic (exact) mass is 352 g/mol. The number of alkyl halides is 1. The van der Waals surface area contributed by atoms with Crippen molar-refractivity contribution in [3.05, 3.63) is 32.9 Å². The highest BCUT2D eigenvalue weighted by Gasteiger charge is 2.00. The molecule has 13 heavy (non-hydrogen) atoms. The van der Waals surface area contributed by atoms with Gasteiger partial charge in [-0.15, -0.1) is 0 Å². The molecule has 0 aliphatic carbocycles. The predicted molar refractivity (Wildman–Crippen MR) is 70.7 cm³/mol. The Kier molecular flexibility index (Phi) is 5.32. The van der Waals surface area contributed by atoms with E-state index in [0.29, 0.717) is 0 Å². The lowest BCUT2D eigenvalue weighted by atomic mass is 10.1. The van der Waals surface area contributed by atoms with E-state index in [1.54, 1.807) is 0 Å². The van der Waals surface area contributed by atoms with E-state index in [0.717, 1.165) is 11.8 Å². The van der Waals surface area contributed by atoms with Crippen molar-refractivity contribution in [3.63, 3.8) is 0 Å². The lowest BCUT2D eigenvalue weighted by Gasteiger charge is -2.05. The van der Waals surface area contributed by atoms with Crippen molar-refractivity contribution in [1.82, 2.24) is 0 Å². The fraction of sp³-hybridized carbons (Fsp3) is 0.455. The highest BCUT2D eigenvalue weighted by molar-refractivity contribution is 14.1. The van der Waals surface area contributed by atoms with Crippen molar-refractivity contribution in [2.45, 2.75) is 26.2 Å². The first-order chi connectivity index (χ1) is 6.27. The first kappa shape index (κ1) is 11.5. The zero-order valence-corrected chi connectivity index (χ0v) is 11.6. The fourth-order valence-electron chi connectivity index (χ4n) is 1.30. The van der Waals surface area contributed by atoms with E-state index in [9.17, 15) is 0 Å². The van der Waals surface area contributed by atoms with Crippen LogP contribution in [0, 0.1) is 3.57 Å². The molecular weight excluding hydrogens is 339 g/mol. The van der Waals surface area contributed by atoms with Crippen LogP contribution in [0.25, 0.3) is 0 Å². The van der Waals surface area contributed by atoms with Gasteiger partial charge in [-0.05, 0) is 59.0 Å². The van der Waals surface area contributed by atoms with E-state index >= 15 is 0 Å². The van der Waals surface area contributed by atoms with Crippen LogP contribution in [0.4, 0.5) is 0 Å². The highest BCUT2D eigenvalue weighted by Crippen LogP contribution is 2.16. The topological polar surface area (TPSA) is 0 Å². The van der Waals surface area contributed by atoms with Crippen LogP contribution in [-0.4, -0.2) is 5.33 Å². The number of aryl methyl sites for hydroxylation is 2. The molecule has 0 aliphatic rings. The Labute approximate surface area is 102 Å². The minimum atomic E-state index is 1.10. The first-order valence-corrected chi connectivity index (χ1v) is 6.81. The lowest BCUT2D eigenvalue weighted by Crippen LogP contribution is -1.92. The van der Waals surface area contributed by atoms with E-state index in [-0.39, 0.29) is 0 Å². The van der Waals surface area contributed by atoms with Crippen LogP contribution in [0.2, 0.25) is 0 Å². The normalized spacial score (nSPS) is 10.4. The summed E-state index contributed by atoms with van der Waals surface area (Å²) in [6, 6.07) is 6.78. The molecule has 1 aromatic rings. The molecule has 0 bridgehead atoms. The molecule has 0 unspecified atom stereocenters. The molecule has 0 fully saturated rings. The van der Waals surface area contributed by atoms with Crippen LogP contribution in [0.1, 0.15) is 24.5 Å². The molecule has 0 heterocycles. The average Bonchev–Trinajstić information content (AvgIpc) is 2.17. The summed E-state index contributed by atoms with van der Waals surface area (Å²) < 4.78 is 1.40. The Hall–Kier alpha value is 0.430. The largest absolute Gasteiger partial charge is 0.0928 e. The summed E-state index contributed by atoms with van der Waals surface area (Å²) in [5.41, 5.74) is 2.95. The second kappa shape index (κ2) is 6.02. The summed E-state index contributed by atoms with van der Waals surface area (Å²) in [5, 5.41) is 1.10. The minimum absolute atomic E-state index is 1.10. The minimum Gasteiger partial charge on any atom is -0.0928 e. The van der Waals surface area contributed by atoms with Crippen molar-refractivity contribution in [2.24, 2.45) is 0 Å². The van der Waals surface area contributed by atoms with Crippen LogP contribution in [0.3, 0.4) is 0 Å². The third-order valence-corrected chi connectivity index (χ3v) is 3.71. The summed E-state index contributed by atoms with van der Waals surface area (Å²) in [7, 11) is 0. The summed E-state index contributed by atoms with van der Waals surface area (Å²) in [6.45, 7) is 2.20. The molecule has 0 amide bonds. The van der Waals surface area contributed by atoms with Gasteiger partial charge in [0.05, 0.1) is 0 Å². The van der Waals surface area contributed by atoms with Crippen LogP contribution < -0.4 is 0 Å². The molecule has 2 heteroatoms. The smallest absolute Gasteiger partial charge is 0.0162 e. The second-order valence-electron chi connectivity index (χ2n) is 3.07. The second-order valence-corrected chi connectivity index (χ2v) is 5.03. The summed E-state index contributed by atoms with van der Waals surface area (Å²) in [4.78, 5) is 0. The van der Waals surface area contributed by atoms with Crippen molar-refractivity contribution in [2.75, 3.05) is 5.33 Å². The van der Waals surface area contributed by atoms with E-state index in [1.165, 1.54) is 27.5 Å². The number of benzene rings is 1.